The van der Waals surface area contributed by atoms with Crippen LogP contribution in [0.15, 0.2) is 53.5 Å². The normalized spacial score (nSPS) is 10.6. The molecule has 0 aliphatic heterocycles. The minimum Gasteiger partial charge on any atom is -0.355 e. The Morgan fingerprint density at radius 3 is 2.48 bits per heavy atom. The highest BCUT2D eigenvalue weighted by Gasteiger charge is 2.11. The van der Waals surface area contributed by atoms with Gasteiger partial charge in [0, 0.05) is 26.7 Å². The fraction of sp³-hybridized carbons (Fsp3) is 0. The largest absolute Gasteiger partial charge is 0.355 e. The molecule has 4 nitrogen and oxygen atoms in total. The molecule has 21 heavy (non-hydrogen) atoms. The van der Waals surface area contributed by atoms with Crippen LogP contribution in [0.1, 0.15) is 0 Å². The van der Waals surface area contributed by atoms with Crippen LogP contribution in [0.25, 0.3) is 11.1 Å². The number of rotatable bonds is 3. The Balaban J connectivity index is 2.04. The third kappa shape index (κ3) is 2.99. The lowest BCUT2D eigenvalue weighted by atomic mass is 10.1. The number of nitrogens with one attached hydrogen (secondary N) is 3. The SMILES string of the molecule is O=c1[nH][nH]cc1-c1cc(F)ccc1Nc1ccc(I)cc1. The molecule has 2 aromatic carbocycles. The number of anilines is 2. The maximum Gasteiger partial charge on any atom is 0.271 e. The average Bonchev–Trinajstić information content (AvgIpc) is 2.89. The summed E-state index contributed by atoms with van der Waals surface area (Å²) < 4.78 is 14.6. The number of aromatic nitrogens is 2. The summed E-state index contributed by atoms with van der Waals surface area (Å²) in [6.07, 6.45) is 1.52. The van der Waals surface area contributed by atoms with Gasteiger partial charge in [0.05, 0.1) is 5.56 Å². The van der Waals surface area contributed by atoms with E-state index in [1.165, 1.54) is 18.3 Å². The van der Waals surface area contributed by atoms with E-state index in [1.807, 2.05) is 24.3 Å². The highest BCUT2D eigenvalue weighted by atomic mass is 127. The van der Waals surface area contributed by atoms with Gasteiger partial charge in [-0.15, -0.1) is 0 Å². The zero-order chi connectivity index (χ0) is 14.8. The molecular formula is C15H11FIN3O. The van der Waals surface area contributed by atoms with Gasteiger partial charge in [-0.2, -0.15) is 0 Å². The van der Waals surface area contributed by atoms with Crippen molar-refractivity contribution in [2.24, 2.45) is 0 Å². The second kappa shape index (κ2) is 5.72. The van der Waals surface area contributed by atoms with Crippen molar-refractivity contribution in [3.63, 3.8) is 0 Å². The molecule has 0 unspecified atom stereocenters. The molecule has 0 saturated heterocycles. The summed E-state index contributed by atoms with van der Waals surface area (Å²) in [5.74, 6) is -0.390. The van der Waals surface area contributed by atoms with Crippen molar-refractivity contribution >= 4 is 34.0 Å². The molecule has 0 bridgehead atoms. The molecular weight excluding hydrogens is 384 g/mol. The van der Waals surface area contributed by atoms with Gasteiger partial charge in [-0.05, 0) is 65.1 Å². The van der Waals surface area contributed by atoms with Crippen LogP contribution < -0.4 is 10.9 Å². The van der Waals surface area contributed by atoms with Gasteiger partial charge in [0.25, 0.3) is 5.56 Å². The van der Waals surface area contributed by atoms with Gasteiger partial charge in [0.2, 0.25) is 0 Å². The lowest BCUT2D eigenvalue weighted by molar-refractivity contribution is 0.628. The average molecular weight is 395 g/mol. The van der Waals surface area contributed by atoms with Gasteiger partial charge >= 0.3 is 0 Å². The summed E-state index contributed by atoms with van der Waals surface area (Å²) in [6, 6.07) is 12.1. The molecule has 106 valence electrons. The number of hydrogen-bond donors (Lipinski definition) is 3. The van der Waals surface area contributed by atoms with Crippen LogP contribution in [0.5, 0.6) is 0 Å². The van der Waals surface area contributed by atoms with E-state index in [0.29, 0.717) is 16.8 Å². The van der Waals surface area contributed by atoms with Gasteiger partial charge < -0.3 is 10.4 Å². The third-order valence-corrected chi connectivity index (χ3v) is 3.76. The molecule has 1 aromatic heterocycles. The van der Waals surface area contributed by atoms with Crippen LogP contribution in [-0.4, -0.2) is 10.2 Å². The topological polar surface area (TPSA) is 60.7 Å². The summed E-state index contributed by atoms with van der Waals surface area (Å²) >= 11 is 2.22. The number of benzene rings is 2. The molecule has 0 saturated carbocycles. The van der Waals surface area contributed by atoms with Gasteiger partial charge in [-0.25, -0.2) is 4.39 Å². The zero-order valence-corrected chi connectivity index (χ0v) is 12.9. The molecule has 0 fully saturated rings. The molecule has 3 aromatic rings. The Morgan fingerprint density at radius 2 is 1.81 bits per heavy atom. The van der Waals surface area contributed by atoms with Gasteiger partial charge in [-0.1, -0.05) is 0 Å². The second-order valence-corrected chi connectivity index (χ2v) is 5.72. The third-order valence-electron chi connectivity index (χ3n) is 3.04. The van der Waals surface area contributed by atoms with Crippen LogP contribution in [-0.2, 0) is 0 Å². The monoisotopic (exact) mass is 395 g/mol. The van der Waals surface area contributed by atoms with Gasteiger partial charge in [-0.3, -0.25) is 9.89 Å². The smallest absolute Gasteiger partial charge is 0.271 e. The van der Waals surface area contributed by atoms with E-state index in [0.717, 1.165) is 9.26 Å². The quantitative estimate of drug-likeness (QED) is 0.590. The summed E-state index contributed by atoms with van der Waals surface area (Å²) in [4.78, 5) is 11.7. The van der Waals surface area contributed by atoms with Crippen LogP contribution in [0.3, 0.4) is 0 Å². The number of aromatic amines is 2. The van der Waals surface area contributed by atoms with Crippen molar-refractivity contribution in [1.29, 1.82) is 0 Å². The Labute approximate surface area is 133 Å². The predicted octanol–water partition coefficient (Wildman–Crippen LogP) is 3.86. The fourth-order valence-corrected chi connectivity index (χ4v) is 2.40. The predicted molar refractivity (Wildman–Crippen MR) is 89.2 cm³/mol. The zero-order valence-electron chi connectivity index (χ0n) is 10.8. The molecule has 0 radical (unpaired) electrons. The molecule has 0 spiro atoms. The van der Waals surface area contributed by atoms with E-state index >= 15 is 0 Å². The lowest BCUT2D eigenvalue weighted by Crippen LogP contribution is -2.03. The lowest BCUT2D eigenvalue weighted by Gasteiger charge is -2.11. The van der Waals surface area contributed by atoms with Crippen molar-refractivity contribution < 1.29 is 4.39 Å². The van der Waals surface area contributed by atoms with E-state index in [4.69, 9.17) is 0 Å². The molecule has 0 aliphatic rings. The Kier molecular flexibility index (Phi) is 3.78. The minimum atomic E-state index is -0.390. The maximum absolute atomic E-state index is 13.5. The number of hydrogen-bond acceptors (Lipinski definition) is 2. The molecule has 6 heteroatoms. The van der Waals surface area contributed by atoms with Crippen molar-refractivity contribution in [3.8, 4) is 11.1 Å². The highest BCUT2D eigenvalue weighted by Crippen LogP contribution is 2.29. The van der Waals surface area contributed by atoms with E-state index in [9.17, 15) is 9.18 Å². The second-order valence-electron chi connectivity index (χ2n) is 4.48. The van der Waals surface area contributed by atoms with Crippen molar-refractivity contribution in [2.75, 3.05) is 5.32 Å². The highest BCUT2D eigenvalue weighted by molar-refractivity contribution is 14.1. The standard InChI is InChI=1S/C15H11FIN3O/c16-9-1-6-14(19-11-4-2-10(17)3-5-11)12(7-9)13-8-18-20-15(13)21/h1-8,19H,(H2,18,20,21). The van der Waals surface area contributed by atoms with Gasteiger partial charge in [0.1, 0.15) is 5.82 Å². The first kappa shape index (κ1) is 13.9. The van der Waals surface area contributed by atoms with Crippen LogP contribution in [0.4, 0.5) is 15.8 Å². The fourth-order valence-electron chi connectivity index (χ4n) is 2.04. The Hall–Kier alpha value is -2.09. The minimum absolute atomic E-state index is 0.286. The number of halogens is 2. The molecule has 0 atom stereocenters. The molecule has 0 amide bonds. The van der Waals surface area contributed by atoms with Crippen LogP contribution in [0.2, 0.25) is 0 Å². The Morgan fingerprint density at radius 1 is 1.05 bits per heavy atom. The van der Waals surface area contributed by atoms with E-state index in [-0.39, 0.29) is 5.56 Å². The molecule has 3 N–H and O–H groups in total. The molecule has 3 rings (SSSR count). The summed E-state index contributed by atoms with van der Waals surface area (Å²) in [6.45, 7) is 0. The number of H-pyrrole nitrogens is 2. The van der Waals surface area contributed by atoms with Crippen molar-refractivity contribution in [3.05, 3.63) is 68.4 Å². The van der Waals surface area contributed by atoms with Crippen LogP contribution in [0, 0.1) is 9.39 Å². The molecule has 1 heterocycles. The van der Waals surface area contributed by atoms with Crippen molar-refractivity contribution in [1.82, 2.24) is 10.2 Å². The summed E-state index contributed by atoms with van der Waals surface area (Å²) in [5, 5.41) is 8.28. The molecule has 0 aliphatic carbocycles. The summed E-state index contributed by atoms with van der Waals surface area (Å²) in [5.41, 5.74) is 2.16. The van der Waals surface area contributed by atoms with E-state index in [2.05, 4.69) is 38.1 Å². The van der Waals surface area contributed by atoms with E-state index < -0.39 is 5.82 Å². The first-order chi connectivity index (χ1) is 10.1. The Bertz CT molecular complexity index is 823. The first-order valence-corrected chi connectivity index (χ1v) is 7.30. The first-order valence-electron chi connectivity index (χ1n) is 6.22. The van der Waals surface area contributed by atoms with Crippen molar-refractivity contribution in [2.45, 2.75) is 0 Å². The summed E-state index contributed by atoms with van der Waals surface area (Å²) in [7, 11) is 0. The van der Waals surface area contributed by atoms with Crippen LogP contribution >= 0.6 is 22.6 Å². The van der Waals surface area contributed by atoms with E-state index in [1.54, 1.807) is 6.07 Å². The maximum atomic E-state index is 13.5. The van der Waals surface area contributed by atoms with Gasteiger partial charge in [0.15, 0.2) is 0 Å².